The molecule has 3 N–H and O–H groups in total. The van der Waals surface area contributed by atoms with Crippen LogP contribution in [-0.2, 0) is 29.1 Å². The van der Waals surface area contributed by atoms with Crippen LogP contribution >= 0.6 is 11.3 Å². The lowest BCUT2D eigenvalue weighted by molar-refractivity contribution is -0.127. The number of rotatable bonds is 7. The van der Waals surface area contributed by atoms with Crippen molar-refractivity contribution in [2.24, 2.45) is 11.1 Å². The summed E-state index contributed by atoms with van der Waals surface area (Å²) in [7, 11) is 0. The normalized spacial score (nSPS) is 15.8. The van der Waals surface area contributed by atoms with Crippen LogP contribution in [0.25, 0.3) is 0 Å². The molecule has 1 aromatic heterocycles. The van der Waals surface area contributed by atoms with Gasteiger partial charge in [0.1, 0.15) is 0 Å². The second-order valence-electron chi connectivity index (χ2n) is 9.09. The third-order valence-electron chi connectivity index (χ3n) is 5.12. The van der Waals surface area contributed by atoms with Gasteiger partial charge in [-0.3, -0.25) is 9.59 Å². The Kier molecular flexibility index (Phi) is 7.10. The van der Waals surface area contributed by atoms with Gasteiger partial charge in [-0.05, 0) is 34.4 Å². The number of carbonyl (C=O) groups excluding carboxylic acids is 2. The molecule has 0 saturated heterocycles. The van der Waals surface area contributed by atoms with Crippen molar-refractivity contribution in [1.82, 2.24) is 10.2 Å². The van der Waals surface area contributed by atoms with Crippen molar-refractivity contribution in [3.63, 3.8) is 0 Å². The average molecular weight is 426 g/mol. The number of hydrogen-bond acceptors (Lipinski definition) is 4. The van der Waals surface area contributed by atoms with Gasteiger partial charge >= 0.3 is 0 Å². The van der Waals surface area contributed by atoms with Gasteiger partial charge in [0.05, 0.1) is 6.04 Å². The minimum Gasteiger partial charge on any atom is -0.349 e. The lowest BCUT2D eigenvalue weighted by Gasteiger charge is -2.26. The van der Waals surface area contributed by atoms with E-state index in [1.165, 1.54) is 11.1 Å². The van der Waals surface area contributed by atoms with Crippen molar-refractivity contribution in [1.29, 1.82) is 0 Å². The molecular formula is C24H31N3O2S. The summed E-state index contributed by atoms with van der Waals surface area (Å²) in [6.45, 7) is 7.60. The van der Waals surface area contributed by atoms with E-state index in [9.17, 15) is 9.59 Å². The van der Waals surface area contributed by atoms with Gasteiger partial charge < -0.3 is 16.0 Å². The summed E-state index contributed by atoms with van der Waals surface area (Å²) < 4.78 is 0. The third-order valence-corrected chi connectivity index (χ3v) is 6.02. The van der Waals surface area contributed by atoms with E-state index in [-0.39, 0.29) is 23.3 Å². The highest BCUT2D eigenvalue weighted by atomic mass is 32.1. The Labute approximate surface area is 183 Å². The fraction of sp³-hybridized carbons (Fsp3) is 0.417. The quantitative estimate of drug-likeness (QED) is 0.665. The Bertz CT molecular complexity index is 874. The van der Waals surface area contributed by atoms with E-state index in [1.807, 2.05) is 40.6 Å². The first-order valence-electron chi connectivity index (χ1n) is 10.3. The maximum Gasteiger partial charge on any atom is 0.246 e. The number of nitrogens with two attached hydrogens (primary N) is 1. The standard InChI is InChI=1S/C24H31N3O2S/c1-24(2,3)14-19(26-23(29)21(25)13-20-9-6-12-30-20)10-11-22(28)27-15-17-7-4-5-8-18(17)16-27/h4-12,19,21H,13-16,25H2,1-3H3,(H,26,29)/b11-10+/t19-,21+/m1/s1. The summed E-state index contributed by atoms with van der Waals surface area (Å²) in [5, 5.41) is 5.01. The maximum absolute atomic E-state index is 12.7. The highest BCUT2D eigenvalue weighted by Crippen LogP contribution is 2.24. The summed E-state index contributed by atoms with van der Waals surface area (Å²) in [6.07, 6.45) is 4.63. The molecule has 2 aromatic rings. The molecule has 0 radical (unpaired) electrons. The first-order valence-corrected chi connectivity index (χ1v) is 11.2. The van der Waals surface area contributed by atoms with E-state index >= 15 is 0 Å². The van der Waals surface area contributed by atoms with Crippen molar-refractivity contribution >= 4 is 23.2 Å². The second kappa shape index (κ2) is 9.58. The summed E-state index contributed by atoms with van der Waals surface area (Å²) in [4.78, 5) is 28.3. The molecule has 0 aliphatic carbocycles. The van der Waals surface area contributed by atoms with Crippen LogP contribution in [-0.4, -0.2) is 28.8 Å². The van der Waals surface area contributed by atoms with Crippen LogP contribution in [0.3, 0.4) is 0 Å². The molecular weight excluding hydrogens is 394 g/mol. The van der Waals surface area contributed by atoms with Gasteiger partial charge in [0.2, 0.25) is 11.8 Å². The lowest BCUT2D eigenvalue weighted by atomic mass is 9.87. The van der Waals surface area contributed by atoms with Crippen molar-refractivity contribution < 1.29 is 9.59 Å². The van der Waals surface area contributed by atoms with Crippen molar-refractivity contribution in [3.05, 3.63) is 69.9 Å². The summed E-state index contributed by atoms with van der Waals surface area (Å²) >= 11 is 1.60. The van der Waals surface area contributed by atoms with E-state index in [0.717, 1.165) is 4.88 Å². The topological polar surface area (TPSA) is 75.4 Å². The van der Waals surface area contributed by atoms with Crippen LogP contribution in [0.1, 0.15) is 43.2 Å². The van der Waals surface area contributed by atoms with Gasteiger partial charge in [-0.25, -0.2) is 0 Å². The molecule has 2 heterocycles. The molecule has 6 heteroatoms. The predicted molar refractivity (Wildman–Crippen MR) is 122 cm³/mol. The Balaban J connectivity index is 1.61. The zero-order chi connectivity index (χ0) is 21.7. The lowest BCUT2D eigenvalue weighted by Crippen LogP contribution is -2.46. The number of carbonyl (C=O) groups is 2. The van der Waals surface area contributed by atoms with E-state index in [4.69, 9.17) is 5.73 Å². The SMILES string of the molecule is CC(C)(C)C[C@@H](/C=C/C(=O)N1Cc2ccccc2C1)NC(=O)[C@@H](N)Cc1cccs1. The molecule has 0 bridgehead atoms. The van der Waals surface area contributed by atoms with Crippen molar-refractivity contribution in [2.75, 3.05) is 0 Å². The molecule has 3 rings (SSSR count). The maximum atomic E-state index is 12.7. The molecule has 2 atom stereocenters. The molecule has 30 heavy (non-hydrogen) atoms. The fourth-order valence-corrected chi connectivity index (χ4v) is 4.41. The number of hydrogen-bond donors (Lipinski definition) is 2. The largest absolute Gasteiger partial charge is 0.349 e. The summed E-state index contributed by atoms with van der Waals surface area (Å²) in [5.41, 5.74) is 8.50. The first kappa shape index (κ1) is 22.2. The van der Waals surface area contributed by atoms with Gasteiger partial charge in [0.15, 0.2) is 0 Å². The molecule has 1 aliphatic rings. The first-order chi connectivity index (χ1) is 14.2. The van der Waals surface area contributed by atoms with Gasteiger partial charge in [-0.15, -0.1) is 11.3 Å². The van der Waals surface area contributed by atoms with Crippen LogP contribution < -0.4 is 11.1 Å². The number of nitrogens with zero attached hydrogens (tertiary/aromatic N) is 1. The zero-order valence-corrected chi connectivity index (χ0v) is 18.7. The molecule has 1 aromatic carbocycles. The van der Waals surface area contributed by atoms with Crippen LogP contribution in [0, 0.1) is 5.41 Å². The monoisotopic (exact) mass is 425 g/mol. The van der Waals surface area contributed by atoms with E-state index in [0.29, 0.717) is 25.9 Å². The number of benzene rings is 1. The smallest absolute Gasteiger partial charge is 0.246 e. The molecule has 5 nitrogen and oxygen atoms in total. The highest BCUT2D eigenvalue weighted by Gasteiger charge is 2.24. The van der Waals surface area contributed by atoms with Gasteiger partial charge in [-0.2, -0.15) is 0 Å². The predicted octanol–water partition coefficient (Wildman–Crippen LogP) is 3.64. The molecule has 0 unspecified atom stereocenters. The average Bonchev–Trinajstić information content (AvgIpc) is 3.33. The van der Waals surface area contributed by atoms with Gasteiger partial charge in [0, 0.05) is 36.5 Å². The highest BCUT2D eigenvalue weighted by molar-refractivity contribution is 7.09. The minimum absolute atomic E-state index is 0.00688. The molecule has 0 saturated carbocycles. The van der Waals surface area contributed by atoms with Crippen LogP contribution in [0.15, 0.2) is 53.9 Å². The van der Waals surface area contributed by atoms with E-state index < -0.39 is 6.04 Å². The number of nitrogens with one attached hydrogen (secondary N) is 1. The zero-order valence-electron chi connectivity index (χ0n) is 17.9. The molecule has 2 amide bonds. The third kappa shape index (κ3) is 6.28. The Hall–Kier alpha value is -2.44. The second-order valence-corrected chi connectivity index (χ2v) is 10.1. The Morgan fingerprint density at radius 1 is 1.17 bits per heavy atom. The Morgan fingerprint density at radius 2 is 1.83 bits per heavy atom. The number of amides is 2. The van der Waals surface area contributed by atoms with Crippen LogP contribution in [0.2, 0.25) is 0 Å². The van der Waals surface area contributed by atoms with E-state index in [1.54, 1.807) is 17.4 Å². The fourth-order valence-electron chi connectivity index (χ4n) is 3.65. The summed E-state index contributed by atoms with van der Waals surface area (Å²) in [5.74, 6) is -0.231. The van der Waals surface area contributed by atoms with Crippen LogP contribution in [0.4, 0.5) is 0 Å². The van der Waals surface area contributed by atoms with Gasteiger partial charge in [0.25, 0.3) is 0 Å². The van der Waals surface area contributed by atoms with Crippen molar-refractivity contribution in [2.45, 2.75) is 58.8 Å². The minimum atomic E-state index is -0.608. The van der Waals surface area contributed by atoms with Crippen LogP contribution in [0.5, 0.6) is 0 Å². The summed E-state index contributed by atoms with van der Waals surface area (Å²) in [6, 6.07) is 11.2. The number of thiophene rings is 1. The molecule has 0 fully saturated rings. The van der Waals surface area contributed by atoms with Crippen molar-refractivity contribution in [3.8, 4) is 0 Å². The molecule has 1 aliphatic heterocycles. The Morgan fingerprint density at radius 3 is 2.40 bits per heavy atom. The number of fused-ring (bicyclic) bond motifs is 1. The molecule has 160 valence electrons. The molecule has 0 spiro atoms. The van der Waals surface area contributed by atoms with E-state index in [2.05, 4.69) is 38.2 Å². The van der Waals surface area contributed by atoms with Gasteiger partial charge in [-0.1, -0.05) is 57.2 Å².